The minimum Gasteiger partial charge on any atom is -0.506 e. The van der Waals surface area contributed by atoms with E-state index in [0.717, 1.165) is 18.7 Å². The Kier molecular flexibility index (Phi) is 4.92. The quantitative estimate of drug-likeness (QED) is 0.835. The molecule has 0 fully saturated rings. The predicted molar refractivity (Wildman–Crippen MR) is 64.4 cm³/mol. The summed E-state index contributed by atoms with van der Waals surface area (Å²) in [6.45, 7) is 4.15. The first-order chi connectivity index (χ1) is 7.13. The van der Waals surface area contributed by atoms with Gasteiger partial charge in [0.1, 0.15) is 5.75 Å². The van der Waals surface area contributed by atoms with Crippen LogP contribution >= 0.6 is 11.6 Å². The number of unbranched alkanes of at least 4 members (excludes halogenated alkanes) is 1. The Morgan fingerprint density at radius 3 is 2.73 bits per heavy atom. The van der Waals surface area contributed by atoms with Crippen molar-refractivity contribution in [1.29, 1.82) is 0 Å². The summed E-state index contributed by atoms with van der Waals surface area (Å²) in [7, 11) is 2.09. The van der Waals surface area contributed by atoms with E-state index < -0.39 is 0 Å². The smallest absolute Gasteiger partial charge is 0.134 e. The lowest BCUT2D eigenvalue weighted by Crippen LogP contribution is -2.18. The summed E-state index contributed by atoms with van der Waals surface area (Å²) >= 11 is 5.83. The normalized spacial score (nSPS) is 10.9. The molecule has 0 bridgehead atoms. The molecule has 0 unspecified atom stereocenters. The van der Waals surface area contributed by atoms with E-state index in [0.29, 0.717) is 5.02 Å². The second-order valence-corrected chi connectivity index (χ2v) is 4.28. The fourth-order valence-electron chi connectivity index (χ4n) is 1.47. The van der Waals surface area contributed by atoms with Crippen LogP contribution in [0.15, 0.2) is 18.2 Å². The van der Waals surface area contributed by atoms with E-state index in [-0.39, 0.29) is 5.75 Å². The van der Waals surface area contributed by atoms with Gasteiger partial charge in [-0.25, -0.2) is 0 Å². The third-order valence-corrected chi connectivity index (χ3v) is 2.66. The average Bonchev–Trinajstić information content (AvgIpc) is 2.20. The molecule has 1 rings (SSSR count). The maximum Gasteiger partial charge on any atom is 0.134 e. The lowest BCUT2D eigenvalue weighted by atomic mass is 10.2. The Morgan fingerprint density at radius 2 is 2.13 bits per heavy atom. The summed E-state index contributed by atoms with van der Waals surface area (Å²) in [6.07, 6.45) is 2.42. The second kappa shape index (κ2) is 5.99. The van der Waals surface area contributed by atoms with Crippen molar-refractivity contribution in [3.05, 3.63) is 28.8 Å². The minimum absolute atomic E-state index is 0.150. The molecular formula is C12H18ClNO. The van der Waals surface area contributed by atoms with Crippen molar-refractivity contribution >= 4 is 11.6 Å². The molecule has 0 spiro atoms. The summed E-state index contributed by atoms with van der Waals surface area (Å²) in [5.41, 5.74) is 1.14. The molecule has 1 aromatic carbocycles. The molecule has 0 saturated heterocycles. The highest BCUT2D eigenvalue weighted by atomic mass is 35.5. The van der Waals surface area contributed by atoms with Gasteiger partial charge in [0.2, 0.25) is 0 Å². The van der Waals surface area contributed by atoms with Crippen LogP contribution in [0.2, 0.25) is 5.02 Å². The van der Waals surface area contributed by atoms with Gasteiger partial charge >= 0.3 is 0 Å². The molecule has 15 heavy (non-hydrogen) atoms. The van der Waals surface area contributed by atoms with Crippen molar-refractivity contribution in [2.24, 2.45) is 0 Å². The fraction of sp³-hybridized carbons (Fsp3) is 0.500. The number of hydrogen-bond acceptors (Lipinski definition) is 2. The largest absolute Gasteiger partial charge is 0.506 e. The zero-order chi connectivity index (χ0) is 11.3. The van der Waals surface area contributed by atoms with Gasteiger partial charge in [0.05, 0.1) is 5.02 Å². The van der Waals surface area contributed by atoms with Gasteiger partial charge in [-0.1, -0.05) is 31.0 Å². The van der Waals surface area contributed by atoms with Crippen LogP contribution in [0.4, 0.5) is 0 Å². The maximum absolute atomic E-state index is 9.27. The van der Waals surface area contributed by atoms with E-state index in [9.17, 15) is 5.11 Å². The first-order valence-corrected chi connectivity index (χ1v) is 5.67. The number of phenols is 1. The minimum atomic E-state index is 0.150. The van der Waals surface area contributed by atoms with Gasteiger partial charge in [-0.2, -0.15) is 0 Å². The number of rotatable bonds is 5. The van der Waals surface area contributed by atoms with Gasteiger partial charge < -0.3 is 10.0 Å². The van der Waals surface area contributed by atoms with Gasteiger partial charge in [-0.05, 0) is 37.7 Å². The van der Waals surface area contributed by atoms with Crippen LogP contribution in [0.3, 0.4) is 0 Å². The molecule has 0 amide bonds. The third-order valence-electron chi connectivity index (χ3n) is 2.36. The van der Waals surface area contributed by atoms with Gasteiger partial charge in [0, 0.05) is 6.54 Å². The van der Waals surface area contributed by atoms with E-state index in [4.69, 9.17) is 11.6 Å². The zero-order valence-corrected chi connectivity index (χ0v) is 10.1. The Labute approximate surface area is 96.5 Å². The number of benzene rings is 1. The van der Waals surface area contributed by atoms with E-state index in [1.807, 2.05) is 12.1 Å². The Hall–Kier alpha value is -0.730. The molecule has 0 aliphatic carbocycles. The molecule has 0 aliphatic heterocycles. The van der Waals surface area contributed by atoms with Crippen molar-refractivity contribution in [3.63, 3.8) is 0 Å². The highest BCUT2D eigenvalue weighted by Gasteiger charge is 2.03. The molecule has 0 aliphatic rings. The highest BCUT2D eigenvalue weighted by Crippen LogP contribution is 2.24. The molecule has 3 heteroatoms. The molecule has 1 aromatic rings. The Bertz CT molecular complexity index is 314. The Balaban J connectivity index is 2.53. The molecule has 1 N–H and O–H groups in total. The highest BCUT2D eigenvalue weighted by molar-refractivity contribution is 6.32. The SMILES string of the molecule is CCCCN(C)Cc1ccc(O)c(Cl)c1. The van der Waals surface area contributed by atoms with Crippen LogP contribution in [0.5, 0.6) is 5.75 Å². The molecule has 0 atom stereocenters. The molecule has 0 aromatic heterocycles. The summed E-state index contributed by atoms with van der Waals surface area (Å²) in [6, 6.07) is 5.37. The molecule has 84 valence electrons. The van der Waals surface area contributed by atoms with Crippen molar-refractivity contribution in [1.82, 2.24) is 4.90 Å². The summed E-state index contributed by atoms with van der Waals surface area (Å²) < 4.78 is 0. The van der Waals surface area contributed by atoms with Crippen molar-refractivity contribution in [3.8, 4) is 5.75 Å². The van der Waals surface area contributed by atoms with Crippen LogP contribution in [0.1, 0.15) is 25.3 Å². The van der Waals surface area contributed by atoms with Crippen molar-refractivity contribution < 1.29 is 5.11 Å². The summed E-state index contributed by atoms with van der Waals surface area (Å²) in [4.78, 5) is 2.26. The lowest BCUT2D eigenvalue weighted by Gasteiger charge is -2.16. The van der Waals surface area contributed by atoms with Crippen molar-refractivity contribution in [2.75, 3.05) is 13.6 Å². The lowest BCUT2D eigenvalue weighted by molar-refractivity contribution is 0.320. The van der Waals surface area contributed by atoms with Gasteiger partial charge in [-0.3, -0.25) is 0 Å². The number of hydrogen-bond donors (Lipinski definition) is 1. The number of nitrogens with zero attached hydrogens (tertiary/aromatic N) is 1. The molecule has 0 radical (unpaired) electrons. The first kappa shape index (κ1) is 12.3. The number of aromatic hydroxyl groups is 1. The second-order valence-electron chi connectivity index (χ2n) is 3.88. The van der Waals surface area contributed by atoms with E-state index >= 15 is 0 Å². The number of halogens is 1. The predicted octanol–water partition coefficient (Wildman–Crippen LogP) is 3.28. The monoisotopic (exact) mass is 227 g/mol. The maximum atomic E-state index is 9.27. The van der Waals surface area contributed by atoms with Gasteiger partial charge in [-0.15, -0.1) is 0 Å². The van der Waals surface area contributed by atoms with E-state index in [1.54, 1.807) is 6.07 Å². The molecule has 2 nitrogen and oxygen atoms in total. The van der Waals surface area contributed by atoms with Crippen LogP contribution in [-0.2, 0) is 6.54 Å². The third kappa shape index (κ3) is 4.10. The number of phenolic OH excluding ortho intramolecular Hbond substituents is 1. The molecular weight excluding hydrogens is 210 g/mol. The first-order valence-electron chi connectivity index (χ1n) is 5.29. The van der Waals surface area contributed by atoms with Crippen molar-refractivity contribution in [2.45, 2.75) is 26.3 Å². The zero-order valence-electron chi connectivity index (χ0n) is 9.33. The van der Waals surface area contributed by atoms with Gasteiger partial charge in [0.25, 0.3) is 0 Å². The van der Waals surface area contributed by atoms with Crippen LogP contribution in [0.25, 0.3) is 0 Å². The fourth-order valence-corrected chi connectivity index (χ4v) is 1.67. The molecule has 0 heterocycles. The summed E-state index contributed by atoms with van der Waals surface area (Å²) in [5.74, 6) is 0.150. The topological polar surface area (TPSA) is 23.5 Å². The van der Waals surface area contributed by atoms with E-state index in [1.165, 1.54) is 12.8 Å². The van der Waals surface area contributed by atoms with Crippen LogP contribution < -0.4 is 0 Å². The van der Waals surface area contributed by atoms with Crippen LogP contribution in [-0.4, -0.2) is 23.6 Å². The molecule has 0 saturated carbocycles. The summed E-state index contributed by atoms with van der Waals surface area (Å²) in [5, 5.41) is 9.70. The Morgan fingerprint density at radius 1 is 1.40 bits per heavy atom. The van der Waals surface area contributed by atoms with E-state index in [2.05, 4.69) is 18.9 Å². The van der Waals surface area contributed by atoms with Gasteiger partial charge in [0.15, 0.2) is 0 Å². The average molecular weight is 228 g/mol. The standard InChI is InChI=1S/C12H18ClNO/c1-3-4-7-14(2)9-10-5-6-12(15)11(13)8-10/h5-6,8,15H,3-4,7,9H2,1-2H3. The van der Waals surface area contributed by atoms with Crippen LogP contribution in [0, 0.1) is 0 Å².